The maximum Gasteiger partial charge on any atom is 0.244 e. The average molecular weight is 317 g/mol. The Hall–Kier alpha value is -2.33. The van der Waals surface area contributed by atoms with Crippen LogP contribution < -0.4 is 10.2 Å². The number of hydrazone groups is 1. The van der Waals surface area contributed by atoms with Gasteiger partial charge in [0.15, 0.2) is 0 Å². The summed E-state index contributed by atoms with van der Waals surface area (Å²) in [5, 5.41) is 4.59. The number of benzene rings is 2. The van der Waals surface area contributed by atoms with Crippen molar-refractivity contribution >= 4 is 23.7 Å². The van der Waals surface area contributed by atoms with Gasteiger partial charge in [-0.05, 0) is 54.4 Å². The number of nitrogens with one attached hydrogen (secondary N) is 1. The molecule has 114 valence electrons. The molecule has 4 nitrogen and oxygen atoms in total. The monoisotopic (exact) mass is 316 g/mol. The summed E-state index contributed by atoms with van der Waals surface area (Å²) in [5.74, 6) is 0.635. The van der Waals surface area contributed by atoms with E-state index in [-0.39, 0.29) is 12.3 Å². The number of hydrogen-bond donors (Lipinski definition) is 1. The van der Waals surface area contributed by atoms with Gasteiger partial charge in [-0.1, -0.05) is 23.7 Å². The summed E-state index contributed by atoms with van der Waals surface area (Å²) in [6, 6.07) is 14.6. The maximum absolute atomic E-state index is 11.7. The van der Waals surface area contributed by atoms with Gasteiger partial charge in [0.1, 0.15) is 5.75 Å². The zero-order valence-electron chi connectivity index (χ0n) is 12.3. The van der Waals surface area contributed by atoms with Crippen LogP contribution >= 0.6 is 11.6 Å². The molecule has 0 spiro atoms. The summed E-state index contributed by atoms with van der Waals surface area (Å²) in [4.78, 5) is 11.7. The van der Waals surface area contributed by atoms with E-state index in [0.29, 0.717) is 11.6 Å². The molecule has 0 saturated carbocycles. The SMILES string of the molecule is CCOc1ccc(/C=N/NC(=O)Cc2ccc(Cl)cc2)cc1. The van der Waals surface area contributed by atoms with Gasteiger partial charge in [0.05, 0.1) is 19.2 Å². The second-order valence-corrected chi connectivity index (χ2v) is 5.03. The van der Waals surface area contributed by atoms with Gasteiger partial charge in [0.2, 0.25) is 5.91 Å². The molecule has 0 fully saturated rings. The Morgan fingerprint density at radius 2 is 1.86 bits per heavy atom. The number of nitrogens with zero attached hydrogens (tertiary/aromatic N) is 1. The fraction of sp³-hybridized carbons (Fsp3) is 0.176. The lowest BCUT2D eigenvalue weighted by molar-refractivity contribution is -0.120. The average Bonchev–Trinajstić information content (AvgIpc) is 2.52. The predicted molar refractivity (Wildman–Crippen MR) is 88.5 cm³/mol. The third-order valence-corrected chi connectivity index (χ3v) is 3.12. The molecule has 0 aliphatic carbocycles. The smallest absolute Gasteiger partial charge is 0.244 e. The van der Waals surface area contributed by atoms with Crippen molar-refractivity contribution in [2.75, 3.05) is 6.61 Å². The quantitative estimate of drug-likeness (QED) is 0.655. The van der Waals surface area contributed by atoms with E-state index >= 15 is 0 Å². The van der Waals surface area contributed by atoms with Gasteiger partial charge in [-0.3, -0.25) is 4.79 Å². The first-order valence-electron chi connectivity index (χ1n) is 6.96. The van der Waals surface area contributed by atoms with Crippen molar-refractivity contribution < 1.29 is 9.53 Å². The van der Waals surface area contributed by atoms with E-state index in [9.17, 15) is 4.79 Å². The summed E-state index contributed by atoms with van der Waals surface area (Å²) in [5.41, 5.74) is 4.27. The molecule has 2 aromatic carbocycles. The van der Waals surface area contributed by atoms with Crippen LogP contribution in [0.25, 0.3) is 0 Å². The Kier molecular flexibility index (Phi) is 5.98. The number of ether oxygens (including phenoxy) is 1. The summed E-state index contributed by atoms with van der Waals surface area (Å²) in [7, 11) is 0. The number of carbonyl (C=O) groups is 1. The Bertz CT molecular complexity index is 637. The second-order valence-electron chi connectivity index (χ2n) is 4.60. The summed E-state index contributed by atoms with van der Waals surface area (Å²) >= 11 is 5.80. The molecule has 22 heavy (non-hydrogen) atoms. The van der Waals surface area contributed by atoms with Crippen molar-refractivity contribution in [3.8, 4) is 5.75 Å². The highest BCUT2D eigenvalue weighted by Crippen LogP contribution is 2.11. The van der Waals surface area contributed by atoms with E-state index in [1.165, 1.54) is 0 Å². The largest absolute Gasteiger partial charge is 0.494 e. The highest BCUT2D eigenvalue weighted by Gasteiger charge is 2.01. The molecule has 2 rings (SSSR count). The lowest BCUT2D eigenvalue weighted by atomic mass is 10.1. The molecule has 0 saturated heterocycles. The van der Waals surface area contributed by atoms with E-state index in [4.69, 9.17) is 16.3 Å². The van der Waals surface area contributed by atoms with Crippen LogP contribution in [-0.2, 0) is 11.2 Å². The minimum Gasteiger partial charge on any atom is -0.494 e. The fourth-order valence-corrected chi connectivity index (χ4v) is 1.95. The highest BCUT2D eigenvalue weighted by atomic mass is 35.5. The van der Waals surface area contributed by atoms with E-state index in [1.54, 1.807) is 18.3 Å². The van der Waals surface area contributed by atoms with Crippen LogP contribution in [0.1, 0.15) is 18.1 Å². The van der Waals surface area contributed by atoms with Gasteiger partial charge < -0.3 is 4.74 Å². The van der Waals surface area contributed by atoms with E-state index in [2.05, 4.69) is 10.5 Å². The van der Waals surface area contributed by atoms with Crippen LogP contribution in [0.4, 0.5) is 0 Å². The Morgan fingerprint density at radius 3 is 2.50 bits per heavy atom. The molecule has 5 heteroatoms. The van der Waals surface area contributed by atoms with Crippen molar-refractivity contribution in [1.29, 1.82) is 0 Å². The van der Waals surface area contributed by atoms with Crippen molar-refractivity contribution in [1.82, 2.24) is 5.43 Å². The molecule has 2 aromatic rings. The standard InChI is InChI=1S/C17H17ClN2O2/c1-2-22-16-9-5-14(6-10-16)12-19-20-17(21)11-13-3-7-15(18)8-4-13/h3-10,12H,2,11H2,1H3,(H,20,21)/b19-12+. The predicted octanol–water partition coefficient (Wildman–Crippen LogP) is 3.43. The lowest BCUT2D eigenvalue weighted by Gasteiger charge is -2.02. The van der Waals surface area contributed by atoms with Crippen LogP contribution in [0.15, 0.2) is 53.6 Å². The molecule has 1 N–H and O–H groups in total. The number of amides is 1. The van der Waals surface area contributed by atoms with Gasteiger partial charge in [0, 0.05) is 5.02 Å². The van der Waals surface area contributed by atoms with E-state index in [0.717, 1.165) is 16.9 Å². The molecule has 0 radical (unpaired) electrons. The normalized spacial score (nSPS) is 10.6. The first kappa shape index (κ1) is 16.0. The van der Waals surface area contributed by atoms with Gasteiger partial charge in [-0.15, -0.1) is 0 Å². The number of hydrogen-bond acceptors (Lipinski definition) is 3. The lowest BCUT2D eigenvalue weighted by Crippen LogP contribution is -2.19. The summed E-state index contributed by atoms with van der Waals surface area (Å²) in [6.45, 7) is 2.57. The molecule has 0 aliphatic rings. The summed E-state index contributed by atoms with van der Waals surface area (Å²) in [6.07, 6.45) is 1.85. The van der Waals surface area contributed by atoms with E-state index < -0.39 is 0 Å². The van der Waals surface area contributed by atoms with Crippen molar-refractivity contribution in [3.63, 3.8) is 0 Å². The summed E-state index contributed by atoms with van der Waals surface area (Å²) < 4.78 is 5.35. The molecular formula is C17H17ClN2O2. The topological polar surface area (TPSA) is 50.7 Å². The number of halogens is 1. The maximum atomic E-state index is 11.7. The fourth-order valence-electron chi connectivity index (χ4n) is 1.82. The van der Waals surface area contributed by atoms with Gasteiger partial charge in [-0.2, -0.15) is 5.10 Å². The third kappa shape index (κ3) is 5.22. The minimum absolute atomic E-state index is 0.176. The van der Waals surface area contributed by atoms with Gasteiger partial charge in [-0.25, -0.2) is 5.43 Å². The molecule has 0 unspecified atom stereocenters. The van der Waals surface area contributed by atoms with Crippen LogP contribution in [-0.4, -0.2) is 18.7 Å². The molecule has 0 bridgehead atoms. The molecule has 0 heterocycles. The molecule has 0 aliphatic heterocycles. The molecular weight excluding hydrogens is 300 g/mol. The van der Waals surface area contributed by atoms with Crippen molar-refractivity contribution in [2.45, 2.75) is 13.3 Å². The van der Waals surface area contributed by atoms with Crippen molar-refractivity contribution in [2.24, 2.45) is 5.10 Å². The van der Waals surface area contributed by atoms with E-state index in [1.807, 2.05) is 43.3 Å². The number of rotatable bonds is 6. The van der Waals surface area contributed by atoms with Gasteiger partial charge >= 0.3 is 0 Å². The minimum atomic E-state index is -0.176. The third-order valence-electron chi connectivity index (χ3n) is 2.87. The molecule has 0 aromatic heterocycles. The Balaban J connectivity index is 1.83. The molecule has 1 amide bonds. The second kappa shape index (κ2) is 8.20. The first-order chi connectivity index (χ1) is 10.7. The van der Waals surface area contributed by atoms with Crippen LogP contribution in [0, 0.1) is 0 Å². The zero-order valence-corrected chi connectivity index (χ0v) is 13.0. The van der Waals surface area contributed by atoms with Crippen LogP contribution in [0.5, 0.6) is 5.75 Å². The zero-order chi connectivity index (χ0) is 15.8. The Labute approximate surface area is 134 Å². The van der Waals surface area contributed by atoms with Crippen LogP contribution in [0.3, 0.4) is 0 Å². The van der Waals surface area contributed by atoms with Crippen LogP contribution in [0.2, 0.25) is 5.02 Å². The van der Waals surface area contributed by atoms with Gasteiger partial charge in [0.25, 0.3) is 0 Å². The Morgan fingerprint density at radius 1 is 1.18 bits per heavy atom. The van der Waals surface area contributed by atoms with Crippen molar-refractivity contribution in [3.05, 3.63) is 64.7 Å². The highest BCUT2D eigenvalue weighted by molar-refractivity contribution is 6.30. The number of carbonyl (C=O) groups excluding carboxylic acids is 1. The molecule has 0 atom stereocenters. The first-order valence-corrected chi connectivity index (χ1v) is 7.34.